The summed E-state index contributed by atoms with van der Waals surface area (Å²) < 4.78 is 82.8. The van der Waals surface area contributed by atoms with E-state index in [4.69, 9.17) is 87.2 Å². The number of aromatic nitrogens is 3. The summed E-state index contributed by atoms with van der Waals surface area (Å²) in [6.07, 6.45) is -9.83. The summed E-state index contributed by atoms with van der Waals surface area (Å²) in [5.41, 5.74) is 18.1. The number of aliphatic hydroxyl groups is 8. The van der Waals surface area contributed by atoms with Crippen LogP contribution in [-0.2, 0) is 92.0 Å². The molecule has 7 rings (SSSR count). The molecule has 5 aliphatic heterocycles. The molecular formula is C64H105BrN10O27. The van der Waals surface area contributed by atoms with E-state index < -0.39 is 87.0 Å². The van der Waals surface area contributed by atoms with Gasteiger partial charge >= 0.3 is 11.9 Å². The maximum atomic E-state index is 12.3. The van der Waals surface area contributed by atoms with E-state index in [1.807, 2.05) is 0 Å². The molecule has 38 heteroatoms. The van der Waals surface area contributed by atoms with Crippen molar-refractivity contribution in [3.63, 3.8) is 0 Å². The number of alkyl halides is 1. The Morgan fingerprint density at radius 1 is 0.559 bits per heavy atom. The zero-order chi connectivity index (χ0) is 75.1. The van der Waals surface area contributed by atoms with Gasteiger partial charge in [0.2, 0.25) is 5.91 Å². The predicted molar refractivity (Wildman–Crippen MR) is 359 cm³/mol. The number of hydrogen-bond donors (Lipinski definition) is 8. The average molecular weight is 1530 g/mol. The lowest BCUT2D eigenvalue weighted by molar-refractivity contribution is -0.302. The Morgan fingerprint density at radius 3 is 1.39 bits per heavy atom. The van der Waals surface area contributed by atoms with Crippen molar-refractivity contribution in [3.05, 3.63) is 56.9 Å². The molecule has 580 valence electrons. The van der Waals surface area contributed by atoms with E-state index in [0.29, 0.717) is 122 Å². The summed E-state index contributed by atoms with van der Waals surface area (Å²) in [5.74, 6) is 0.119. The van der Waals surface area contributed by atoms with Crippen molar-refractivity contribution in [2.24, 2.45) is 33.9 Å². The molecule has 102 heavy (non-hydrogen) atoms. The van der Waals surface area contributed by atoms with Crippen LogP contribution >= 0.6 is 15.9 Å². The van der Waals surface area contributed by atoms with Crippen molar-refractivity contribution in [1.82, 2.24) is 19.9 Å². The van der Waals surface area contributed by atoms with Crippen molar-refractivity contribution < 1.29 is 131 Å². The molecule has 4 unspecified atom stereocenters. The maximum absolute atomic E-state index is 12.3. The fraction of sp³-hybridized carbons (Fsp3) is 0.812. The molecule has 5 fully saturated rings. The smallest absolute Gasteiger partial charge is 0.303 e. The molecule has 6 heterocycles. The van der Waals surface area contributed by atoms with Gasteiger partial charge in [0, 0.05) is 72.7 Å². The highest BCUT2D eigenvalue weighted by atomic mass is 79.9. The van der Waals surface area contributed by atoms with Gasteiger partial charge < -0.3 is 112 Å². The van der Waals surface area contributed by atoms with Crippen LogP contribution in [-0.4, -0.2) is 314 Å². The molecule has 0 aliphatic carbocycles. The quantitative estimate of drug-likeness (QED) is 0.00693. The second-order valence-electron chi connectivity index (χ2n) is 24.1. The number of hydrogen-bond acceptors (Lipinski definition) is 31. The van der Waals surface area contributed by atoms with E-state index in [9.17, 15) is 54.9 Å². The number of aliphatic hydroxyl groups excluding tert-OH is 8. The van der Waals surface area contributed by atoms with Gasteiger partial charge in [-0.25, -0.2) is 4.68 Å². The third kappa shape index (κ3) is 29.9. The summed E-state index contributed by atoms with van der Waals surface area (Å²) in [6, 6.07) is 6.86. The number of halogens is 1. The number of rotatable bonds is 38. The number of esters is 2. The van der Waals surface area contributed by atoms with Crippen LogP contribution in [0.1, 0.15) is 85.0 Å². The number of β-lactam (4-membered cyclic amide) rings is 1. The van der Waals surface area contributed by atoms with E-state index in [2.05, 4.69) is 87.8 Å². The van der Waals surface area contributed by atoms with Crippen LogP contribution in [0.2, 0.25) is 0 Å². The van der Waals surface area contributed by atoms with E-state index in [1.165, 1.54) is 18.7 Å². The standard InChI is InChI=1S/C24H32N4O10.C17H31N3O6.C12H23N3O8.C11H19BrO3/c29-14-18-20(31)21(32)22(33)24(38-18)37-12-11-36-10-9-35-8-7-27-13-17(25-26-27)15-1-3-16(4-2-15)23(34)28-6-5-19(28)30;1-5-15-12(2)13(3)16(25-14(4)21)17(26-15)24-11-10-23-9-8-22-7-6-19-20-18;13-15-14-1-2-20-3-4-21-5-6-22-12-11(19)10(18)9(17)8(7-16)23-12;1-5-9-6(2)7(3)10(11(12)15-9)14-8(4)13/h1-4,13,18,20-22,24,29,31-33H,5-12,14H2;12-13,15-17H,5-11H2,1-4H3;8-12,16-19H,1-7H2;6-7,9-11H,5H2,1-4H3/t18-,20+,21+,22-,24?;12-,13+,15-,16-,17?;8-,9+,10+,11-,12?;6-,7+,9-,10-,11?/m1111/s1. The first-order valence-corrected chi connectivity index (χ1v) is 35.0. The van der Waals surface area contributed by atoms with Crippen LogP contribution in [0.15, 0.2) is 40.7 Å². The number of benzene rings is 1. The first kappa shape index (κ1) is 89.1. The average Bonchev–Trinajstić information content (AvgIpc) is 0.993. The van der Waals surface area contributed by atoms with Gasteiger partial charge in [-0.2, -0.15) is 0 Å². The lowest BCUT2D eigenvalue weighted by Gasteiger charge is -2.43. The topological polar surface area (TPSA) is 500 Å². The van der Waals surface area contributed by atoms with Gasteiger partial charge in [-0.05, 0) is 47.9 Å². The minimum absolute atomic E-state index is 0.0654. The van der Waals surface area contributed by atoms with Crippen LogP contribution in [0.3, 0.4) is 0 Å². The molecule has 8 N–H and O–H groups in total. The first-order chi connectivity index (χ1) is 49.0. The minimum Gasteiger partial charge on any atom is -0.459 e. The molecule has 1 aromatic heterocycles. The highest BCUT2D eigenvalue weighted by molar-refractivity contribution is 9.09. The second kappa shape index (κ2) is 49.5. The van der Waals surface area contributed by atoms with Gasteiger partial charge in [0.25, 0.3) is 5.91 Å². The van der Waals surface area contributed by atoms with Crippen molar-refractivity contribution in [2.75, 3.05) is 132 Å². The van der Waals surface area contributed by atoms with Crippen molar-refractivity contribution in [3.8, 4) is 11.3 Å². The number of imide groups is 1. The fourth-order valence-electron chi connectivity index (χ4n) is 10.8. The third-order valence-corrected chi connectivity index (χ3v) is 17.8. The van der Waals surface area contributed by atoms with Crippen molar-refractivity contribution in [2.45, 2.75) is 178 Å². The van der Waals surface area contributed by atoms with Gasteiger partial charge in [-0.3, -0.25) is 24.1 Å². The van der Waals surface area contributed by atoms with Crippen LogP contribution in [0.5, 0.6) is 0 Å². The lowest BCUT2D eigenvalue weighted by atomic mass is 9.82. The highest BCUT2D eigenvalue weighted by Crippen LogP contribution is 2.37. The molecule has 0 spiro atoms. The van der Waals surface area contributed by atoms with Gasteiger partial charge in [0.1, 0.15) is 65.6 Å². The fourth-order valence-corrected chi connectivity index (χ4v) is 11.7. The molecule has 5 aliphatic rings. The van der Waals surface area contributed by atoms with Crippen LogP contribution in [0.4, 0.5) is 0 Å². The Balaban J connectivity index is 0.000000304. The monoisotopic (exact) mass is 1520 g/mol. The highest BCUT2D eigenvalue weighted by Gasteiger charge is 2.47. The molecule has 0 bridgehead atoms. The molecule has 20 atom stereocenters. The Morgan fingerprint density at radius 2 is 0.971 bits per heavy atom. The lowest BCUT2D eigenvalue weighted by Crippen LogP contribution is -2.59. The Kier molecular flexibility index (Phi) is 43.2. The minimum atomic E-state index is -1.49. The van der Waals surface area contributed by atoms with E-state index >= 15 is 0 Å². The molecule has 0 radical (unpaired) electrons. The first-order valence-electron chi connectivity index (χ1n) is 34.1. The number of amides is 2. The largest absolute Gasteiger partial charge is 0.459 e. The summed E-state index contributed by atoms with van der Waals surface area (Å²) in [6.45, 7) is 20.3. The summed E-state index contributed by atoms with van der Waals surface area (Å²) in [4.78, 5) is 52.5. The van der Waals surface area contributed by atoms with E-state index in [0.717, 1.165) is 18.4 Å². The zero-order valence-corrected chi connectivity index (χ0v) is 60.7. The van der Waals surface area contributed by atoms with Crippen LogP contribution in [0.25, 0.3) is 32.1 Å². The van der Waals surface area contributed by atoms with Crippen molar-refractivity contribution in [1.29, 1.82) is 0 Å². The van der Waals surface area contributed by atoms with Crippen LogP contribution in [0, 0.1) is 23.7 Å². The number of carbonyl (C=O) groups excluding carboxylic acids is 4. The van der Waals surface area contributed by atoms with Gasteiger partial charge in [0.15, 0.2) is 25.0 Å². The Labute approximate surface area is 600 Å². The molecule has 2 amide bonds. The molecule has 2 aromatic rings. The SMILES string of the molecule is CC[C@H]1OC(Br)[C@H](OC(C)=O)[C@@H](C)[C@H]1C.CC[C@H]1OC(OCCOCCOCCN=[N+]=[N-])[C@H](OC(C)=O)[C@@H](C)[C@H]1C.O=C1CCN1C(=O)c1ccc(-c2cn(CCOCCOCCOC3O[C@H](CO)[C@H](O)[C@H](O)[C@H]3O)nn2)cc1.[N-]=[N+]=NCCOCCOCCOC1O[C@H](CO)[C@H](O)[C@H](O)[C@H]1O. The van der Waals surface area contributed by atoms with Gasteiger partial charge in [-0.1, -0.05) is 85.0 Å². The maximum Gasteiger partial charge on any atom is 0.303 e. The molecule has 37 nitrogen and oxygen atoms in total. The van der Waals surface area contributed by atoms with Gasteiger partial charge in [-0.15, -0.1) is 5.10 Å². The number of nitrogens with zero attached hydrogens (tertiary/aromatic N) is 10. The molecule has 0 saturated carbocycles. The molecule has 5 saturated heterocycles. The number of likely N-dealkylation sites (tertiary alicyclic amines) is 1. The van der Waals surface area contributed by atoms with Gasteiger partial charge in [0.05, 0.1) is 137 Å². The zero-order valence-electron chi connectivity index (χ0n) is 59.1. The Hall–Kier alpha value is -5.30. The van der Waals surface area contributed by atoms with E-state index in [1.54, 1.807) is 35.1 Å². The predicted octanol–water partition coefficient (Wildman–Crippen LogP) is 1.72. The number of azide groups is 2. The second-order valence-corrected chi connectivity index (χ2v) is 25.0. The third-order valence-electron chi connectivity index (χ3n) is 17.1. The molecular weight excluding hydrogens is 1420 g/mol. The van der Waals surface area contributed by atoms with Crippen molar-refractivity contribution >= 4 is 39.7 Å². The summed E-state index contributed by atoms with van der Waals surface area (Å²) in [5, 5.41) is 91.2. The summed E-state index contributed by atoms with van der Waals surface area (Å²) >= 11 is 3.43. The van der Waals surface area contributed by atoms with E-state index in [-0.39, 0.29) is 91.9 Å². The number of carbonyl (C=O) groups is 4. The van der Waals surface area contributed by atoms with Crippen LogP contribution < -0.4 is 0 Å². The Bertz CT molecular complexity index is 2800. The molecule has 1 aromatic carbocycles. The summed E-state index contributed by atoms with van der Waals surface area (Å²) in [7, 11) is 0. The number of ether oxygens (including phenoxy) is 15. The normalized spacial score (nSPS) is 29.7.